The molecular formula is C10H11NO. The number of rotatable bonds is 1. The Hall–Kier alpha value is -1.44. The van der Waals surface area contributed by atoms with Crippen molar-refractivity contribution in [1.29, 1.82) is 0 Å². The van der Waals surface area contributed by atoms with Gasteiger partial charge < -0.3 is 9.64 Å². The van der Waals surface area contributed by atoms with E-state index in [1.165, 1.54) is 0 Å². The van der Waals surface area contributed by atoms with Gasteiger partial charge in [-0.1, -0.05) is 18.2 Å². The monoisotopic (exact) mass is 161 g/mol. The Kier molecular flexibility index (Phi) is 1.99. The van der Waals surface area contributed by atoms with E-state index < -0.39 is 0 Å². The fourth-order valence-corrected chi connectivity index (χ4v) is 1.24. The van der Waals surface area contributed by atoms with Crippen LogP contribution in [0.2, 0.25) is 0 Å². The summed E-state index contributed by atoms with van der Waals surface area (Å²) < 4.78 is 5.39. The number of hydrogen-bond acceptors (Lipinski definition) is 2. The molecule has 0 aromatic rings. The van der Waals surface area contributed by atoms with Gasteiger partial charge in [0, 0.05) is 12.7 Å². The number of hydrogen-bond donors (Lipinski definition) is 0. The molecule has 0 unspecified atom stereocenters. The lowest BCUT2D eigenvalue weighted by molar-refractivity contribution is 0.0655. The zero-order valence-corrected chi connectivity index (χ0v) is 6.76. The van der Waals surface area contributed by atoms with Gasteiger partial charge >= 0.3 is 0 Å². The van der Waals surface area contributed by atoms with E-state index in [9.17, 15) is 0 Å². The Morgan fingerprint density at radius 3 is 2.83 bits per heavy atom. The lowest BCUT2D eigenvalue weighted by atomic mass is 10.3. The molecule has 2 heterocycles. The minimum Gasteiger partial charge on any atom is -0.475 e. The van der Waals surface area contributed by atoms with Crippen LogP contribution in [0.25, 0.3) is 0 Å². The van der Waals surface area contributed by atoms with E-state index in [1.54, 1.807) is 6.26 Å². The van der Waals surface area contributed by atoms with E-state index in [1.807, 2.05) is 36.6 Å². The van der Waals surface area contributed by atoms with Gasteiger partial charge in [-0.2, -0.15) is 0 Å². The minimum atomic E-state index is 0.0659. The molecule has 0 spiro atoms. The van der Waals surface area contributed by atoms with Gasteiger partial charge in [0.25, 0.3) is 0 Å². The van der Waals surface area contributed by atoms with Gasteiger partial charge in [-0.05, 0) is 18.2 Å². The van der Waals surface area contributed by atoms with Crippen LogP contribution < -0.4 is 0 Å². The van der Waals surface area contributed by atoms with Crippen molar-refractivity contribution in [2.75, 3.05) is 6.54 Å². The Morgan fingerprint density at radius 2 is 2.17 bits per heavy atom. The van der Waals surface area contributed by atoms with E-state index in [-0.39, 0.29) is 6.23 Å². The molecule has 0 amide bonds. The van der Waals surface area contributed by atoms with Gasteiger partial charge in [0.05, 0.1) is 6.26 Å². The minimum absolute atomic E-state index is 0.0659. The standard InChI is InChI=1S/C10H11NO/c1-3-7-11(8-4-1)10-6-2-5-9-12-10/h1-7,9-10H,8H2/t10-/m0/s1. The average molecular weight is 161 g/mol. The zero-order valence-electron chi connectivity index (χ0n) is 6.76. The summed E-state index contributed by atoms with van der Waals surface area (Å²) in [7, 11) is 0. The van der Waals surface area contributed by atoms with Crippen molar-refractivity contribution in [3.05, 3.63) is 48.9 Å². The average Bonchev–Trinajstić information content (AvgIpc) is 2.21. The summed E-state index contributed by atoms with van der Waals surface area (Å²) >= 11 is 0. The Bertz CT molecular complexity index is 235. The third kappa shape index (κ3) is 1.42. The summed E-state index contributed by atoms with van der Waals surface area (Å²) in [5.41, 5.74) is 0. The third-order valence-electron chi connectivity index (χ3n) is 1.85. The predicted octanol–water partition coefficient (Wildman–Crippen LogP) is 1.80. The van der Waals surface area contributed by atoms with Crippen molar-refractivity contribution in [3.8, 4) is 0 Å². The van der Waals surface area contributed by atoms with Gasteiger partial charge in [0.2, 0.25) is 0 Å². The molecule has 2 nitrogen and oxygen atoms in total. The zero-order chi connectivity index (χ0) is 8.23. The van der Waals surface area contributed by atoms with Crippen molar-refractivity contribution in [3.63, 3.8) is 0 Å². The van der Waals surface area contributed by atoms with Crippen LogP contribution in [-0.4, -0.2) is 17.7 Å². The molecule has 0 saturated carbocycles. The van der Waals surface area contributed by atoms with E-state index in [4.69, 9.17) is 4.74 Å². The summed E-state index contributed by atoms with van der Waals surface area (Å²) in [6.45, 7) is 0.916. The quantitative estimate of drug-likeness (QED) is 0.581. The Morgan fingerprint density at radius 1 is 1.17 bits per heavy atom. The van der Waals surface area contributed by atoms with Crippen LogP contribution in [0.3, 0.4) is 0 Å². The van der Waals surface area contributed by atoms with Crippen LogP contribution >= 0.6 is 0 Å². The van der Waals surface area contributed by atoms with Crippen LogP contribution in [0.15, 0.2) is 48.9 Å². The van der Waals surface area contributed by atoms with Crippen LogP contribution in [0, 0.1) is 0 Å². The fraction of sp³-hybridized carbons (Fsp3) is 0.200. The van der Waals surface area contributed by atoms with Crippen molar-refractivity contribution in [1.82, 2.24) is 4.90 Å². The molecule has 2 rings (SSSR count). The van der Waals surface area contributed by atoms with Crippen LogP contribution in [0.4, 0.5) is 0 Å². The molecule has 2 aliphatic heterocycles. The van der Waals surface area contributed by atoms with Crippen molar-refractivity contribution in [2.45, 2.75) is 6.23 Å². The highest BCUT2D eigenvalue weighted by atomic mass is 16.5. The topological polar surface area (TPSA) is 12.5 Å². The highest BCUT2D eigenvalue weighted by Crippen LogP contribution is 2.11. The molecule has 12 heavy (non-hydrogen) atoms. The predicted molar refractivity (Wildman–Crippen MR) is 48.1 cm³/mol. The number of nitrogens with zero attached hydrogens (tertiary/aromatic N) is 1. The second kappa shape index (κ2) is 3.30. The molecule has 0 bridgehead atoms. The first-order valence-electron chi connectivity index (χ1n) is 4.05. The van der Waals surface area contributed by atoms with E-state index in [0.717, 1.165) is 6.54 Å². The maximum atomic E-state index is 5.39. The largest absolute Gasteiger partial charge is 0.475 e. The van der Waals surface area contributed by atoms with Crippen molar-refractivity contribution >= 4 is 0 Å². The lowest BCUT2D eigenvalue weighted by Gasteiger charge is -2.28. The van der Waals surface area contributed by atoms with Crippen LogP contribution in [0.1, 0.15) is 0 Å². The van der Waals surface area contributed by atoms with Crippen molar-refractivity contribution in [2.24, 2.45) is 0 Å². The van der Waals surface area contributed by atoms with Crippen LogP contribution in [-0.2, 0) is 4.74 Å². The highest BCUT2D eigenvalue weighted by molar-refractivity contribution is 5.13. The molecule has 0 N–H and O–H groups in total. The Balaban J connectivity index is 2.01. The first-order valence-corrected chi connectivity index (χ1v) is 4.05. The Labute approximate surface area is 72.1 Å². The molecule has 0 aromatic carbocycles. The molecule has 0 fully saturated rings. The molecule has 2 aliphatic rings. The van der Waals surface area contributed by atoms with E-state index in [2.05, 4.69) is 11.0 Å². The molecule has 0 saturated heterocycles. The maximum Gasteiger partial charge on any atom is 0.191 e. The molecule has 0 radical (unpaired) electrons. The molecule has 0 aromatic heterocycles. The second-order valence-electron chi connectivity index (χ2n) is 2.71. The van der Waals surface area contributed by atoms with Gasteiger partial charge in [-0.15, -0.1) is 0 Å². The van der Waals surface area contributed by atoms with Gasteiger partial charge in [-0.25, -0.2) is 0 Å². The lowest BCUT2D eigenvalue weighted by Crippen LogP contribution is -2.32. The van der Waals surface area contributed by atoms with Crippen molar-refractivity contribution < 1.29 is 4.74 Å². The van der Waals surface area contributed by atoms with Gasteiger partial charge in [0.1, 0.15) is 0 Å². The van der Waals surface area contributed by atoms with Gasteiger partial charge in [0.15, 0.2) is 6.23 Å². The molecule has 0 aliphatic carbocycles. The summed E-state index contributed by atoms with van der Waals surface area (Å²) in [5.74, 6) is 0. The molecule has 62 valence electrons. The second-order valence-corrected chi connectivity index (χ2v) is 2.71. The maximum absolute atomic E-state index is 5.39. The molecule has 2 heteroatoms. The molecular weight excluding hydrogens is 150 g/mol. The summed E-state index contributed by atoms with van der Waals surface area (Å²) in [6.07, 6.45) is 15.9. The first kappa shape index (κ1) is 7.22. The first-order chi connectivity index (χ1) is 5.97. The normalized spacial score (nSPS) is 26.0. The highest BCUT2D eigenvalue weighted by Gasteiger charge is 2.12. The van der Waals surface area contributed by atoms with Gasteiger partial charge in [-0.3, -0.25) is 0 Å². The fourth-order valence-electron chi connectivity index (χ4n) is 1.24. The smallest absolute Gasteiger partial charge is 0.191 e. The number of allylic oxidation sites excluding steroid dienone is 4. The summed E-state index contributed by atoms with van der Waals surface area (Å²) in [4.78, 5) is 2.12. The third-order valence-corrected chi connectivity index (χ3v) is 1.85. The van der Waals surface area contributed by atoms with E-state index >= 15 is 0 Å². The molecule has 1 atom stereocenters. The van der Waals surface area contributed by atoms with Crippen LogP contribution in [0.5, 0.6) is 0 Å². The summed E-state index contributed by atoms with van der Waals surface area (Å²) in [5, 5.41) is 0. The van der Waals surface area contributed by atoms with E-state index in [0.29, 0.717) is 0 Å². The SMILES string of the molecule is C1=CCN([C@@H]2C=CC=CO2)C=C1. The summed E-state index contributed by atoms with van der Waals surface area (Å²) in [6, 6.07) is 0. The number of ether oxygens (including phenoxy) is 1.